The van der Waals surface area contributed by atoms with Crippen LogP contribution in [0.25, 0.3) is 0 Å². The number of ether oxygens (including phenoxy) is 1. The summed E-state index contributed by atoms with van der Waals surface area (Å²) in [6.07, 6.45) is 11.6. The first-order valence-electron chi connectivity index (χ1n) is 12.2. The molecule has 1 heterocycles. The number of hydrogen-bond donors (Lipinski definition) is 0. The van der Waals surface area contributed by atoms with Crippen molar-refractivity contribution in [1.29, 1.82) is 5.26 Å². The predicted octanol–water partition coefficient (Wildman–Crippen LogP) is 5.43. The number of rotatable bonds is 5. The molecule has 1 amide bonds. The average molecular weight is 423 g/mol. The van der Waals surface area contributed by atoms with Gasteiger partial charge < -0.3 is 9.64 Å². The number of halogens is 1. The van der Waals surface area contributed by atoms with Gasteiger partial charge >= 0.3 is 0 Å². The SMILES string of the molecule is N#C[C@@H]1CCCN1C(=O)c1cc(C2CC2)c(OCC23CC4CC(CC(C4)C2)C3)cc1F. The normalized spacial score (nSPS) is 35.9. The molecule has 164 valence electrons. The Bertz CT molecular complexity index is 912. The molecule has 0 N–H and O–H groups in total. The maximum absolute atomic E-state index is 15.1. The molecular formula is C26H31FN2O2. The molecule has 6 fully saturated rings. The van der Waals surface area contributed by atoms with Crippen LogP contribution in [0.5, 0.6) is 5.75 Å². The zero-order valence-electron chi connectivity index (χ0n) is 18.1. The van der Waals surface area contributed by atoms with Gasteiger partial charge in [-0.2, -0.15) is 5.26 Å². The van der Waals surface area contributed by atoms with Crippen LogP contribution in [-0.4, -0.2) is 30.0 Å². The van der Waals surface area contributed by atoms with Crippen LogP contribution in [0.3, 0.4) is 0 Å². The van der Waals surface area contributed by atoms with E-state index in [1.165, 1.54) is 49.5 Å². The number of nitriles is 1. The molecule has 4 bridgehead atoms. The Labute approximate surface area is 183 Å². The minimum atomic E-state index is -0.515. The van der Waals surface area contributed by atoms with E-state index in [-0.39, 0.29) is 16.9 Å². The van der Waals surface area contributed by atoms with Gasteiger partial charge in [0, 0.05) is 18.0 Å². The summed E-state index contributed by atoms with van der Waals surface area (Å²) >= 11 is 0. The number of hydrogen-bond acceptors (Lipinski definition) is 3. The molecule has 0 aromatic heterocycles. The third kappa shape index (κ3) is 3.43. The fourth-order valence-corrected chi connectivity index (χ4v) is 7.57. The van der Waals surface area contributed by atoms with Crippen LogP contribution >= 0.6 is 0 Å². The highest BCUT2D eigenvalue weighted by atomic mass is 19.1. The first-order chi connectivity index (χ1) is 15.0. The second kappa shape index (κ2) is 7.22. The number of amides is 1. The standard InChI is InChI=1S/C26H31FN2O2/c27-23-10-24(31-15-26-11-16-6-17(12-26)8-18(7-16)13-26)21(19-3-4-19)9-22(23)25(30)29-5-1-2-20(29)14-28/h9-10,16-20H,1-8,11-13,15H2/t16?,17?,18?,20-,26?/m0/s1. The average Bonchev–Trinajstić information content (AvgIpc) is 3.47. The maximum Gasteiger partial charge on any atom is 0.257 e. The first-order valence-corrected chi connectivity index (χ1v) is 12.2. The van der Waals surface area contributed by atoms with Gasteiger partial charge in [-0.1, -0.05) is 0 Å². The quantitative estimate of drug-likeness (QED) is 0.636. The van der Waals surface area contributed by atoms with Crippen molar-refractivity contribution in [1.82, 2.24) is 4.90 Å². The van der Waals surface area contributed by atoms with Gasteiger partial charge in [0.15, 0.2) is 0 Å². The second-order valence-electron chi connectivity index (χ2n) is 11.1. The molecule has 0 spiro atoms. The van der Waals surface area contributed by atoms with Crippen molar-refractivity contribution in [2.24, 2.45) is 23.2 Å². The Morgan fingerprint density at radius 1 is 1.13 bits per heavy atom. The molecule has 5 saturated carbocycles. The van der Waals surface area contributed by atoms with Crippen LogP contribution < -0.4 is 4.74 Å². The first kappa shape index (κ1) is 19.6. The van der Waals surface area contributed by atoms with E-state index in [4.69, 9.17) is 4.74 Å². The highest BCUT2D eigenvalue weighted by molar-refractivity contribution is 5.95. The molecule has 1 saturated heterocycles. The minimum Gasteiger partial charge on any atom is -0.493 e. The summed E-state index contributed by atoms with van der Waals surface area (Å²) in [6.45, 7) is 1.21. The van der Waals surface area contributed by atoms with Crippen molar-refractivity contribution in [2.45, 2.75) is 76.2 Å². The van der Waals surface area contributed by atoms with Crippen molar-refractivity contribution in [2.75, 3.05) is 13.2 Å². The molecule has 1 aliphatic heterocycles. The van der Waals surface area contributed by atoms with E-state index in [0.29, 0.717) is 31.2 Å². The van der Waals surface area contributed by atoms with Gasteiger partial charge in [-0.3, -0.25) is 4.79 Å². The van der Waals surface area contributed by atoms with E-state index in [1.54, 1.807) is 6.07 Å². The number of nitrogens with zero attached hydrogens (tertiary/aromatic N) is 2. The fourth-order valence-electron chi connectivity index (χ4n) is 7.57. The van der Waals surface area contributed by atoms with Gasteiger partial charge in [-0.15, -0.1) is 0 Å². The van der Waals surface area contributed by atoms with Crippen molar-refractivity contribution in [3.63, 3.8) is 0 Å². The summed E-state index contributed by atoms with van der Waals surface area (Å²) in [5.41, 5.74) is 1.37. The van der Waals surface area contributed by atoms with Crippen molar-refractivity contribution >= 4 is 5.91 Å². The number of likely N-dealkylation sites (tertiary alicyclic amines) is 1. The van der Waals surface area contributed by atoms with Gasteiger partial charge in [-0.05, 0) is 99.5 Å². The highest BCUT2D eigenvalue weighted by Gasteiger charge is 2.51. The maximum atomic E-state index is 15.1. The number of benzene rings is 1. The Balaban J connectivity index is 1.24. The van der Waals surface area contributed by atoms with Crippen LogP contribution in [0, 0.1) is 40.3 Å². The smallest absolute Gasteiger partial charge is 0.257 e. The molecule has 5 aliphatic carbocycles. The van der Waals surface area contributed by atoms with E-state index in [0.717, 1.165) is 42.6 Å². The third-order valence-electron chi connectivity index (χ3n) is 8.71. The van der Waals surface area contributed by atoms with Gasteiger partial charge in [0.05, 0.1) is 18.2 Å². The molecule has 4 nitrogen and oxygen atoms in total. The molecule has 6 aliphatic rings. The molecule has 1 aromatic rings. The zero-order valence-corrected chi connectivity index (χ0v) is 18.1. The van der Waals surface area contributed by atoms with Crippen LogP contribution in [0.1, 0.15) is 86.0 Å². The Morgan fingerprint density at radius 3 is 2.42 bits per heavy atom. The lowest BCUT2D eigenvalue weighted by atomic mass is 9.50. The lowest BCUT2D eigenvalue weighted by Gasteiger charge is -2.56. The van der Waals surface area contributed by atoms with E-state index in [1.807, 2.05) is 0 Å². The van der Waals surface area contributed by atoms with Crippen molar-refractivity contribution < 1.29 is 13.9 Å². The summed E-state index contributed by atoms with van der Waals surface area (Å²) in [7, 11) is 0. The number of carbonyl (C=O) groups excluding carboxylic acids is 1. The van der Waals surface area contributed by atoms with Crippen molar-refractivity contribution in [3.8, 4) is 11.8 Å². The van der Waals surface area contributed by atoms with Gasteiger partial charge in [0.2, 0.25) is 0 Å². The Hall–Kier alpha value is -2.09. The molecule has 5 heteroatoms. The summed E-state index contributed by atoms with van der Waals surface area (Å²) in [4.78, 5) is 14.6. The second-order valence-corrected chi connectivity index (χ2v) is 11.1. The lowest BCUT2D eigenvalue weighted by Crippen LogP contribution is -2.48. The Morgan fingerprint density at radius 2 is 1.81 bits per heavy atom. The fraction of sp³-hybridized carbons (Fsp3) is 0.692. The number of carbonyl (C=O) groups is 1. The summed E-state index contributed by atoms with van der Waals surface area (Å²) in [5.74, 6) is 2.73. The summed E-state index contributed by atoms with van der Waals surface area (Å²) in [6, 6.07) is 4.94. The van der Waals surface area contributed by atoms with Gasteiger partial charge in [-0.25, -0.2) is 4.39 Å². The monoisotopic (exact) mass is 422 g/mol. The largest absolute Gasteiger partial charge is 0.493 e. The summed E-state index contributed by atoms with van der Waals surface area (Å²) < 4.78 is 21.5. The van der Waals surface area contributed by atoms with Gasteiger partial charge in [0.25, 0.3) is 5.91 Å². The Kier molecular flexibility index (Phi) is 4.56. The highest BCUT2D eigenvalue weighted by Crippen LogP contribution is 2.60. The van der Waals surface area contributed by atoms with E-state index in [9.17, 15) is 10.1 Å². The van der Waals surface area contributed by atoms with Gasteiger partial charge in [0.1, 0.15) is 17.6 Å². The predicted molar refractivity (Wildman–Crippen MR) is 114 cm³/mol. The zero-order chi connectivity index (χ0) is 21.2. The molecular weight excluding hydrogens is 391 g/mol. The molecule has 0 radical (unpaired) electrons. The lowest BCUT2D eigenvalue weighted by molar-refractivity contribution is -0.0747. The summed E-state index contributed by atoms with van der Waals surface area (Å²) in [5, 5.41) is 9.33. The van der Waals surface area contributed by atoms with Crippen LogP contribution in [0.4, 0.5) is 4.39 Å². The molecule has 1 atom stereocenters. The van der Waals surface area contributed by atoms with Crippen LogP contribution in [0.2, 0.25) is 0 Å². The van der Waals surface area contributed by atoms with E-state index >= 15 is 4.39 Å². The van der Waals surface area contributed by atoms with Crippen molar-refractivity contribution in [3.05, 3.63) is 29.1 Å². The topological polar surface area (TPSA) is 53.3 Å². The van der Waals surface area contributed by atoms with Crippen LogP contribution in [-0.2, 0) is 0 Å². The third-order valence-corrected chi connectivity index (χ3v) is 8.71. The van der Waals surface area contributed by atoms with E-state index < -0.39 is 11.9 Å². The molecule has 7 rings (SSSR count). The molecule has 1 aromatic carbocycles. The molecule has 31 heavy (non-hydrogen) atoms. The minimum absolute atomic E-state index is 0.103. The van der Waals surface area contributed by atoms with E-state index in [2.05, 4.69) is 6.07 Å². The van der Waals surface area contributed by atoms with Crippen LogP contribution in [0.15, 0.2) is 12.1 Å². The molecule has 0 unspecified atom stereocenters.